The van der Waals surface area contributed by atoms with Crippen LogP contribution in [0, 0.1) is 0 Å². The second kappa shape index (κ2) is 6.85. The fourth-order valence-electron chi connectivity index (χ4n) is 1.20. The Kier molecular flexibility index (Phi) is 5.36. The predicted octanol–water partition coefficient (Wildman–Crippen LogP) is 2.67. The Morgan fingerprint density at radius 3 is 2.75 bits per heavy atom. The number of unbranched alkanes of at least 4 members (excludes halogenated alkanes) is 2. The maximum absolute atomic E-state index is 11.4. The lowest BCUT2D eigenvalue weighted by Crippen LogP contribution is -2.07. The minimum absolute atomic E-state index is 0.107. The molecule has 0 radical (unpaired) electrons. The summed E-state index contributed by atoms with van der Waals surface area (Å²) in [6.45, 7) is 2.46. The van der Waals surface area contributed by atoms with Crippen molar-refractivity contribution in [3.8, 4) is 5.75 Å². The first kappa shape index (κ1) is 12.5. The highest BCUT2D eigenvalue weighted by molar-refractivity contribution is 5.91. The van der Waals surface area contributed by atoms with Gasteiger partial charge in [0.05, 0.1) is 6.61 Å². The molecular formula is C12H16O4. The van der Waals surface area contributed by atoms with Crippen LogP contribution in [0.15, 0.2) is 24.3 Å². The molecule has 0 atom stereocenters. The molecule has 0 aliphatic carbocycles. The normalized spacial score (nSPS) is 10.1. The van der Waals surface area contributed by atoms with Crippen molar-refractivity contribution in [3.05, 3.63) is 29.8 Å². The Labute approximate surface area is 94.7 Å². The molecule has 1 rings (SSSR count). The zero-order valence-electron chi connectivity index (χ0n) is 9.31. The van der Waals surface area contributed by atoms with Gasteiger partial charge in [0.2, 0.25) is 0 Å². The van der Waals surface area contributed by atoms with Gasteiger partial charge in [0.15, 0.2) is 0 Å². The highest BCUT2D eigenvalue weighted by Gasteiger charge is 2.12. The first-order valence-electron chi connectivity index (χ1n) is 5.37. The molecule has 0 amide bonds. The van der Waals surface area contributed by atoms with Crippen LogP contribution in [0.25, 0.3) is 0 Å². The number of hydrogen-bond acceptors (Lipinski definition) is 4. The average molecular weight is 224 g/mol. The zero-order valence-corrected chi connectivity index (χ0v) is 9.31. The van der Waals surface area contributed by atoms with Gasteiger partial charge >= 0.3 is 5.97 Å². The summed E-state index contributed by atoms with van der Waals surface area (Å²) in [5.74, 6) is -0.778. The third kappa shape index (κ3) is 3.90. The number of hydrogen-bond donors (Lipinski definition) is 1. The van der Waals surface area contributed by atoms with E-state index in [1.165, 1.54) is 12.1 Å². The molecule has 0 heterocycles. The first-order chi connectivity index (χ1) is 7.75. The number of phenols is 1. The lowest BCUT2D eigenvalue weighted by atomic mass is 10.2. The number of rotatable bonds is 6. The van der Waals surface area contributed by atoms with E-state index in [0.717, 1.165) is 19.3 Å². The molecule has 4 heteroatoms. The first-order valence-corrected chi connectivity index (χ1v) is 5.37. The van der Waals surface area contributed by atoms with Gasteiger partial charge in [-0.1, -0.05) is 31.9 Å². The number of aromatic hydroxyl groups is 1. The third-order valence-electron chi connectivity index (χ3n) is 2.09. The standard InChI is InChI=1S/C12H16O4/c1-2-3-6-9-15-16-12(14)10-7-4-5-8-11(10)13/h4-5,7-8,13H,2-3,6,9H2,1H3. The van der Waals surface area contributed by atoms with Crippen molar-refractivity contribution in [2.75, 3.05) is 6.61 Å². The monoisotopic (exact) mass is 224 g/mol. The molecule has 16 heavy (non-hydrogen) atoms. The van der Waals surface area contributed by atoms with Crippen molar-refractivity contribution in [3.63, 3.8) is 0 Å². The van der Waals surface area contributed by atoms with E-state index in [2.05, 4.69) is 11.8 Å². The molecule has 0 saturated carbocycles. The van der Waals surface area contributed by atoms with Gasteiger partial charge in [-0.25, -0.2) is 4.79 Å². The summed E-state index contributed by atoms with van der Waals surface area (Å²) in [5.41, 5.74) is 0.109. The summed E-state index contributed by atoms with van der Waals surface area (Å²) < 4.78 is 0. The molecule has 1 aromatic carbocycles. The summed E-state index contributed by atoms with van der Waals surface area (Å²) in [4.78, 5) is 20.7. The van der Waals surface area contributed by atoms with Crippen molar-refractivity contribution in [2.45, 2.75) is 26.2 Å². The second-order valence-electron chi connectivity index (χ2n) is 3.42. The fourth-order valence-corrected chi connectivity index (χ4v) is 1.20. The number of para-hydroxylation sites is 1. The van der Waals surface area contributed by atoms with Gasteiger partial charge in [-0.3, -0.25) is 4.89 Å². The van der Waals surface area contributed by atoms with Crippen molar-refractivity contribution in [2.24, 2.45) is 0 Å². The van der Waals surface area contributed by atoms with Gasteiger partial charge in [0.1, 0.15) is 11.3 Å². The summed E-state index contributed by atoms with van der Waals surface area (Å²) >= 11 is 0. The molecule has 1 aromatic rings. The van der Waals surface area contributed by atoms with E-state index in [1.54, 1.807) is 12.1 Å². The summed E-state index contributed by atoms with van der Waals surface area (Å²) in [6, 6.07) is 6.18. The largest absolute Gasteiger partial charge is 0.507 e. The average Bonchev–Trinajstić information content (AvgIpc) is 2.29. The van der Waals surface area contributed by atoms with Gasteiger partial charge in [-0.15, -0.1) is 0 Å². The number of benzene rings is 1. The van der Waals surface area contributed by atoms with E-state index in [9.17, 15) is 9.90 Å². The van der Waals surface area contributed by atoms with Crippen molar-refractivity contribution in [1.29, 1.82) is 0 Å². The summed E-state index contributed by atoms with van der Waals surface area (Å²) in [7, 11) is 0. The van der Waals surface area contributed by atoms with Crippen LogP contribution >= 0.6 is 0 Å². The van der Waals surface area contributed by atoms with E-state index < -0.39 is 5.97 Å². The maximum atomic E-state index is 11.4. The van der Waals surface area contributed by atoms with E-state index in [-0.39, 0.29) is 11.3 Å². The van der Waals surface area contributed by atoms with Gasteiger partial charge < -0.3 is 5.11 Å². The highest BCUT2D eigenvalue weighted by atomic mass is 17.2. The number of carbonyl (C=O) groups excluding carboxylic acids is 1. The molecule has 0 aliphatic rings. The topological polar surface area (TPSA) is 55.8 Å². The van der Waals surface area contributed by atoms with Crippen LogP contribution < -0.4 is 0 Å². The van der Waals surface area contributed by atoms with Crippen LogP contribution in [0.5, 0.6) is 5.75 Å². The van der Waals surface area contributed by atoms with Gasteiger partial charge in [0, 0.05) is 0 Å². The lowest BCUT2D eigenvalue weighted by Gasteiger charge is -2.04. The van der Waals surface area contributed by atoms with E-state index in [1.807, 2.05) is 0 Å². The number of phenolic OH excluding ortho intramolecular Hbond substituents is 1. The van der Waals surface area contributed by atoms with Gasteiger partial charge in [-0.05, 0) is 18.6 Å². The molecule has 4 nitrogen and oxygen atoms in total. The zero-order chi connectivity index (χ0) is 11.8. The minimum atomic E-state index is -0.672. The molecule has 0 aliphatic heterocycles. The van der Waals surface area contributed by atoms with E-state index in [4.69, 9.17) is 4.89 Å². The Balaban J connectivity index is 2.33. The van der Waals surface area contributed by atoms with Gasteiger partial charge in [-0.2, -0.15) is 4.89 Å². The van der Waals surface area contributed by atoms with Crippen LogP contribution in [-0.2, 0) is 9.78 Å². The van der Waals surface area contributed by atoms with Crippen LogP contribution in [0.2, 0.25) is 0 Å². The smallest absolute Gasteiger partial charge is 0.376 e. The molecule has 0 aromatic heterocycles. The SMILES string of the molecule is CCCCCOOC(=O)c1ccccc1O. The lowest BCUT2D eigenvalue weighted by molar-refractivity contribution is -0.241. The molecule has 0 saturated heterocycles. The molecule has 0 fully saturated rings. The Morgan fingerprint density at radius 2 is 2.06 bits per heavy atom. The fraction of sp³-hybridized carbons (Fsp3) is 0.417. The maximum Gasteiger partial charge on any atom is 0.376 e. The Morgan fingerprint density at radius 1 is 1.31 bits per heavy atom. The van der Waals surface area contributed by atoms with Crippen molar-refractivity contribution in [1.82, 2.24) is 0 Å². The van der Waals surface area contributed by atoms with Crippen LogP contribution in [0.1, 0.15) is 36.5 Å². The van der Waals surface area contributed by atoms with Gasteiger partial charge in [0.25, 0.3) is 0 Å². The molecule has 0 bridgehead atoms. The van der Waals surface area contributed by atoms with Crippen molar-refractivity contribution >= 4 is 5.97 Å². The van der Waals surface area contributed by atoms with Crippen molar-refractivity contribution < 1.29 is 19.7 Å². The molecule has 88 valence electrons. The summed E-state index contributed by atoms with van der Waals surface area (Å²) in [5, 5.41) is 9.37. The molecule has 1 N–H and O–H groups in total. The Bertz CT molecular complexity index is 336. The number of carbonyl (C=O) groups is 1. The highest BCUT2D eigenvalue weighted by Crippen LogP contribution is 2.16. The quantitative estimate of drug-likeness (QED) is 0.458. The molecule has 0 unspecified atom stereocenters. The Hall–Kier alpha value is -1.55. The third-order valence-corrected chi connectivity index (χ3v) is 2.09. The van der Waals surface area contributed by atoms with Crippen LogP contribution in [0.3, 0.4) is 0 Å². The second-order valence-corrected chi connectivity index (χ2v) is 3.42. The van der Waals surface area contributed by atoms with E-state index in [0.29, 0.717) is 6.61 Å². The minimum Gasteiger partial charge on any atom is -0.507 e. The van der Waals surface area contributed by atoms with Crippen LogP contribution in [0.4, 0.5) is 0 Å². The van der Waals surface area contributed by atoms with E-state index >= 15 is 0 Å². The molecule has 0 spiro atoms. The molecular weight excluding hydrogens is 208 g/mol. The predicted molar refractivity (Wildman–Crippen MR) is 59.0 cm³/mol. The summed E-state index contributed by atoms with van der Waals surface area (Å²) in [6.07, 6.45) is 2.97. The van der Waals surface area contributed by atoms with Crippen LogP contribution in [-0.4, -0.2) is 17.7 Å².